The first kappa shape index (κ1) is 11.5. The molecule has 0 aromatic carbocycles. The van der Waals surface area contributed by atoms with Crippen molar-refractivity contribution in [3.8, 4) is 0 Å². The summed E-state index contributed by atoms with van der Waals surface area (Å²) in [6, 6.07) is 0. The first-order valence-electron chi connectivity index (χ1n) is 5.12. The first-order chi connectivity index (χ1) is 5.84. The lowest BCUT2D eigenvalue weighted by Gasteiger charge is -2.13. The molecule has 0 atom stereocenters. The summed E-state index contributed by atoms with van der Waals surface area (Å²) < 4.78 is 0. The molecule has 1 rings (SSSR count). The van der Waals surface area contributed by atoms with E-state index in [-0.39, 0.29) is 0 Å². The van der Waals surface area contributed by atoms with E-state index in [1.807, 2.05) is 25.7 Å². The second-order valence-electron chi connectivity index (χ2n) is 2.84. The van der Waals surface area contributed by atoms with Gasteiger partial charge in [0.2, 0.25) is 5.91 Å². The summed E-state index contributed by atoms with van der Waals surface area (Å²) in [6.45, 7) is 8.05. The van der Waals surface area contributed by atoms with Crippen LogP contribution in [0.5, 0.6) is 0 Å². The van der Waals surface area contributed by atoms with Crippen molar-refractivity contribution in [3.05, 3.63) is 0 Å². The van der Waals surface area contributed by atoms with Crippen molar-refractivity contribution in [2.75, 3.05) is 13.1 Å². The van der Waals surface area contributed by atoms with Gasteiger partial charge in [-0.3, -0.25) is 4.79 Å². The number of hydrogen-bond donors (Lipinski definition) is 0. The lowest BCUT2D eigenvalue weighted by atomic mass is 10.3. The van der Waals surface area contributed by atoms with Crippen LogP contribution in [0.25, 0.3) is 0 Å². The van der Waals surface area contributed by atoms with E-state index in [0.717, 1.165) is 25.9 Å². The van der Waals surface area contributed by atoms with E-state index in [1.54, 1.807) is 0 Å². The van der Waals surface area contributed by atoms with E-state index in [1.165, 1.54) is 12.8 Å². The maximum Gasteiger partial charge on any atom is 0.222 e. The Morgan fingerprint density at radius 1 is 1.25 bits per heavy atom. The van der Waals surface area contributed by atoms with Crippen molar-refractivity contribution < 1.29 is 4.79 Å². The molecule has 12 heavy (non-hydrogen) atoms. The van der Waals surface area contributed by atoms with Crippen LogP contribution in [0.2, 0.25) is 0 Å². The Labute approximate surface area is 75.9 Å². The Bertz CT molecular complexity index is 117. The highest BCUT2D eigenvalue weighted by atomic mass is 16.2. The van der Waals surface area contributed by atoms with Crippen LogP contribution in [-0.4, -0.2) is 23.9 Å². The van der Waals surface area contributed by atoms with Gasteiger partial charge in [-0.2, -0.15) is 0 Å². The Kier molecular flexibility index (Phi) is 6.82. The molecule has 0 aliphatic carbocycles. The SMILES string of the molecule is CC.CCCC(=O)N1CCCC1. The molecule has 0 aromatic heterocycles. The van der Waals surface area contributed by atoms with Crippen LogP contribution in [0.4, 0.5) is 0 Å². The average Bonchev–Trinajstić information content (AvgIpc) is 2.60. The molecule has 1 aliphatic heterocycles. The van der Waals surface area contributed by atoms with Crippen molar-refractivity contribution in [3.63, 3.8) is 0 Å². The maximum absolute atomic E-state index is 11.2. The van der Waals surface area contributed by atoms with Crippen LogP contribution in [0.15, 0.2) is 0 Å². The molecular weight excluding hydrogens is 150 g/mol. The van der Waals surface area contributed by atoms with Crippen LogP contribution < -0.4 is 0 Å². The van der Waals surface area contributed by atoms with E-state index in [4.69, 9.17) is 0 Å². The molecule has 2 nitrogen and oxygen atoms in total. The fourth-order valence-electron chi connectivity index (χ4n) is 1.34. The van der Waals surface area contributed by atoms with E-state index in [9.17, 15) is 4.79 Å². The third-order valence-electron chi connectivity index (χ3n) is 1.92. The molecule has 0 unspecified atom stereocenters. The van der Waals surface area contributed by atoms with Crippen molar-refractivity contribution in [2.24, 2.45) is 0 Å². The van der Waals surface area contributed by atoms with Gasteiger partial charge in [-0.15, -0.1) is 0 Å². The minimum absolute atomic E-state index is 0.347. The second-order valence-corrected chi connectivity index (χ2v) is 2.84. The van der Waals surface area contributed by atoms with Gasteiger partial charge in [-0.1, -0.05) is 20.8 Å². The molecule has 0 saturated carbocycles. The highest BCUT2D eigenvalue weighted by Gasteiger charge is 2.15. The van der Waals surface area contributed by atoms with Crippen molar-refractivity contribution >= 4 is 5.91 Å². The summed E-state index contributed by atoms with van der Waals surface area (Å²) in [6.07, 6.45) is 4.13. The van der Waals surface area contributed by atoms with E-state index in [2.05, 4.69) is 0 Å². The summed E-state index contributed by atoms with van der Waals surface area (Å²) >= 11 is 0. The Morgan fingerprint density at radius 3 is 2.17 bits per heavy atom. The summed E-state index contributed by atoms with van der Waals surface area (Å²) in [5.41, 5.74) is 0. The molecule has 2 heteroatoms. The molecule has 1 fully saturated rings. The molecule has 1 saturated heterocycles. The fourth-order valence-corrected chi connectivity index (χ4v) is 1.34. The molecule has 1 aliphatic rings. The normalized spacial score (nSPS) is 15.4. The largest absolute Gasteiger partial charge is 0.343 e. The van der Waals surface area contributed by atoms with Crippen molar-refractivity contribution in [1.82, 2.24) is 4.90 Å². The highest BCUT2D eigenvalue weighted by molar-refractivity contribution is 5.76. The summed E-state index contributed by atoms with van der Waals surface area (Å²) in [5, 5.41) is 0. The highest BCUT2D eigenvalue weighted by Crippen LogP contribution is 2.09. The van der Waals surface area contributed by atoms with Gasteiger partial charge in [0.05, 0.1) is 0 Å². The zero-order valence-corrected chi connectivity index (χ0v) is 8.60. The van der Waals surface area contributed by atoms with Gasteiger partial charge in [-0.05, 0) is 19.3 Å². The molecule has 0 aromatic rings. The molecule has 0 radical (unpaired) electrons. The first-order valence-corrected chi connectivity index (χ1v) is 5.12. The van der Waals surface area contributed by atoms with Crippen LogP contribution in [0.3, 0.4) is 0 Å². The number of carbonyl (C=O) groups is 1. The molecule has 1 heterocycles. The van der Waals surface area contributed by atoms with Gasteiger partial charge in [0.1, 0.15) is 0 Å². The van der Waals surface area contributed by atoms with Crippen molar-refractivity contribution in [1.29, 1.82) is 0 Å². The predicted octanol–water partition coefficient (Wildman–Crippen LogP) is 2.44. The van der Waals surface area contributed by atoms with Gasteiger partial charge >= 0.3 is 0 Å². The number of rotatable bonds is 2. The van der Waals surface area contributed by atoms with Crippen molar-refractivity contribution in [2.45, 2.75) is 46.5 Å². The molecule has 72 valence electrons. The number of likely N-dealkylation sites (tertiary alicyclic amines) is 1. The Balaban J connectivity index is 0.000000561. The smallest absolute Gasteiger partial charge is 0.222 e. The number of carbonyl (C=O) groups excluding carboxylic acids is 1. The monoisotopic (exact) mass is 171 g/mol. The number of amides is 1. The Hall–Kier alpha value is -0.530. The van der Waals surface area contributed by atoms with E-state index >= 15 is 0 Å². The van der Waals surface area contributed by atoms with Gasteiger partial charge in [0.15, 0.2) is 0 Å². The fraction of sp³-hybridized carbons (Fsp3) is 0.900. The molecule has 0 spiro atoms. The van der Waals surface area contributed by atoms with Crippen LogP contribution in [0.1, 0.15) is 46.5 Å². The van der Waals surface area contributed by atoms with Gasteiger partial charge in [0.25, 0.3) is 0 Å². The van der Waals surface area contributed by atoms with Gasteiger partial charge in [-0.25, -0.2) is 0 Å². The number of nitrogens with zero attached hydrogens (tertiary/aromatic N) is 1. The summed E-state index contributed by atoms with van der Waals surface area (Å²) in [5.74, 6) is 0.347. The van der Waals surface area contributed by atoms with Crippen LogP contribution >= 0.6 is 0 Å². The minimum Gasteiger partial charge on any atom is -0.343 e. The predicted molar refractivity (Wildman–Crippen MR) is 52.1 cm³/mol. The number of hydrogen-bond acceptors (Lipinski definition) is 1. The van der Waals surface area contributed by atoms with E-state index < -0.39 is 0 Å². The zero-order valence-electron chi connectivity index (χ0n) is 8.60. The minimum atomic E-state index is 0.347. The van der Waals surface area contributed by atoms with E-state index in [0.29, 0.717) is 5.91 Å². The maximum atomic E-state index is 11.2. The average molecular weight is 171 g/mol. The van der Waals surface area contributed by atoms with Crippen LogP contribution in [-0.2, 0) is 4.79 Å². The zero-order chi connectivity index (χ0) is 9.40. The second kappa shape index (κ2) is 7.14. The summed E-state index contributed by atoms with van der Waals surface area (Å²) in [4.78, 5) is 13.1. The third-order valence-corrected chi connectivity index (χ3v) is 1.92. The third kappa shape index (κ3) is 3.74. The topological polar surface area (TPSA) is 20.3 Å². The summed E-state index contributed by atoms with van der Waals surface area (Å²) in [7, 11) is 0. The Morgan fingerprint density at radius 2 is 1.75 bits per heavy atom. The molecule has 0 N–H and O–H groups in total. The van der Waals surface area contributed by atoms with Gasteiger partial charge in [0, 0.05) is 19.5 Å². The molecule has 0 bridgehead atoms. The van der Waals surface area contributed by atoms with Crippen LogP contribution in [0, 0.1) is 0 Å². The van der Waals surface area contributed by atoms with Gasteiger partial charge < -0.3 is 4.90 Å². The lowest BCUT2D eigenvalue weighted by Crippen LogP contribution is -2.26. The lowest BCUT2D eigenvalue weighted by molar-refractivity contribution is -0.130. The molecule has 1 amide bonds. The quantitative estimate of drug-likeness (QED) is 0.625. The molecular formula is C10H21NO. The standard InChI is InChI=1S/C8H15NO.C2H6/c1-2-5-8(10)9-6-3-4-7-9;1-2/h2-7H2,1H3;1-2H3.